The second kappa shape index (κ2) is 51.6. The summed E-state index contributed by atoms with van der Waals surface area (Å²) in [5.74, 6) is -2.01. The lowest BCUT2D eigenvalue weighted by molar-refractivity contribution is -0.870. The van der Waals surface area contributed by atoms with Gasteiger partial charge in [-0.1, -0.05) is 217 Å². The van der Waals surface area contributed by atoms with Gasteiger partial charge in [0.25, 0.3) is 6.29 Å². The number of hydrogen-bond donors (Lipinski definition) is 1. The number of carboxylic acids is 1. The molecule has 0 aliphatic heterocycles. The van der Waals surface area contributed by atoms with Crippen molar-refractivity contribution in [3.8, 4) is 0 Å². The molecule has 0 aliphatic rings. The van der Waals surface area contributed by atoms with E-state index in [4.69, 9.17) is 18.9 Å². The number of hydrogen-bond acceptors (Lipinski definition) is 7. The Morgan fingerprint density at radius 1 is 0.435 bits per heavy atom. The number of carbonyl (C=O) groups excluding carboxylic acids is 2. The Balaban J connectivity index is 4.24. The van der Waals surface area contributed by atoms with Gasteiger partial charge in [0, 0.05) is 12.8 Å². The predicted molar refractivity (Wildman–Crippen MR) is 290 cm³/mol. The van der Waals surface area contributed by atoms with Crippen LogP contribution in [0.25, 0.3) is 0 Å². The first kappa shape index (κ1) is 66.2. The zero-order chi connectivity index (χ0) is 50.6. The summed E-state index contributed by atoms with van der Waals surface area (Å²) in [5, 5.41) is 9.69. The van der Waals surface area contributed by atoms with E-state index in [0.29, 0.717) is 23.9 Å². The summed E-state index contributed by atoms with van der Waals surface area (Å²) in [5.41, 5.74) is 0. The summed E-state index contributed by atoms with van der Waals surface area (Å²) in [6.45, 7) is 4.86. The molecule has 0 bridgehead atoms. The third kappa shape index (κ3) is 52.9. The maximum absolute atomic E-state index is 12.9. The molecule has 0 radical (unpaired) electrons. The Bertz CT molecular complexity index is 1270. The lowest BCUT2D eigenvalue weighted by Crippen LogP contribution is -2.40. The van der Waals surface area contributed by atoms with Crippen molar-refractivity contribution in [1.29, 1.82) is 0 Å². The van der Waals surface area contributed by atoms with Gasteiger partial charge in [-0.3, -0.25) is 9.59 Å². The average molecular weight is 974 g/mol. The van der Waals surface area contributed by atoms with E-state index in [1.54, 1.807) is 0 Å². The minimum absolute atomic E-state index is 0.184. The molecule has 0 saturated heterocycles. The molecule has 69 heavy (non-hydrogen) atoms. The van der Waals surface area contributed by atoms with Gasteiger partial charge in [-0.15, -0.1) is 0 Å². The summed E-state index contributed by atoms with van der Waals surface area (Å²) in [4.78, 5) is 37.4. The minimum atomic E-state index is -1.51. The summed E-state index contributed by atoms with van der Waals surface area (Å²) in [6.07, 6.45) is 60.4. The number of likely N-dealkylation sites (N-methyl/N-ethyl adjacent to an activating group) is 1. The summed E-state index contributed by atoms with van der Waals surface area (Å²) < 4.78 is 22.9. The molecular formula is C60H110NO8+. The van der Waals surface area contributed by atoms with E-state index in [1.165, 1.54) is 154 Å². The minimum Gasteiger partial charge on any atom is -0.477 e. The van der Waals surface area contributed by atoms with E-state index in [1.807, 2.05) is 21.1 Å². The van der Waals surface area contributed by atoms with Crippen LogP contribution in [0, 0.1) is 0 Å². The summed E-state index contributed by atoms with van der Waals surface area (Å²) >= 11 is 0. The van der Waals surface area contributed by atoms with E-state index in [-0.39, 0.29) is 32.2 Å². The highest BCUT2D eigenvalue weighted by molar-refractivity contribution is 5.71. The molecular weight excluding hydrogens is 863 g/mol. The van der Waals surface area contributed by atoms with Crippen molar-refractivity contribution in [2.24, 2.45) is 0 Å². The molecule has 0 aliphatic carbocycles. The first-order valence-electron chi connectivity index (χ1n) is 28.8. The summed E-state index contributed by atoms with van der Waals surface area (Å²) in [7, 11) is 5.96. The van der Waals surface area contributed by atoms with Crippen LogP contribution in [0.5, 0.6) is 0 Å². The first-order valence-corrected chi connectivity index (χ1v) is 28.8. The molecule has 2 atom stereocenters. The number of esters is 2. The van der Waals surface area contributed by atoms with Gasteiger partial charge in [-0.05, 0) is 77.0 Å². The van der Waals surface area contributed by atoms with E-state index in [0.717, 1.165) is 70.6 Å². The van der Waals surface area contributed by atoms with Gasteiger partial charge in [0.1, 0.15) is 13.2 Å². The standard InChI is InChI=1S/C60H109NO8/c1-6-8-10-12-14-16-18-20-22-24-26-27-28-29-30-31-33-34-36-38-40-42-44-46-48-50-57(62)67-54-56(55-68-60(59(64)65)66-53-52-61(3,4)5)69-58(63)51-49-47-45-43-41-39-37-35-32-25-23-21-19-17-15-13-11-9-7-2/h15,17,21,23-24,26,32,35,56,60H,6-14,16,18-20,22,25,27-31,33-34,36-55H2,1-5H3/p+1/b17-15-,23-21-,26-24-,35-32-. The van der Waals surface area contributed by atoms with Crippen molar-refractivity contribution in [3.63, 3.8) is 0 Å². The Morgan fingerprint density at radius 3 is 1.20 bits per heavy atom. The fourth-order valence-corrected chi connectivity index (χ4v) is 8.07. The number of quaternary nitrogens is 1. The van der Waals surface area contributed by atoms with Gasteiger partial charge in [0.2, 0.25) is 0 Å². The Hall–Kier alpha value is -2.75. The highest BCUT2D eigenvalue weighted by Crippen LogP contribution is 2.16. The lowest BCUT2D eigenvalue weighted by Gasteiger charge is -2.25. The number of carboxylic acid groups (broad SMARTS) is 1. The van der Waals surface area contributed by atoms with Crippen molar-refractivity contribution in [3.05, 3.63) is 48.6 Å². The lowest BCUT2D eigenvalue weighted by atomic mass is 10.0. The van der Waals surface area contributed by atoms with Gasteiger partial charge < -0.3 is 28.5 Å². The van der Waals surface area contributed by atoms with Crippen molar-refractivity contribution >= 4 is 17.9 Å². The van der Waals surface area contributed by atoms with Crippen LogP contribution in [0.4, 0.5) is 0 Å². The number of nitrogens with zero attached hydrogens (tertiary/aromatic N) is 1. The molecule has 2 unspecified atom stereocenters. The third-order valence-corrected chi connectivity index (χ3v) is 12.6. The molecule has 0 rings (SSSR count). The average Bonchev–Trinajstić information content (AvgIpc) is 3.31. The molecule has 0 fully saturated rings. The van der Waals surface area contributed by atoms with E-state index in [9.17, 15) is 19.5 Å². The normalized spacial score (nSPS) is 13.1. The number of aliphatic carboxylic acids is 1. The molecule has 0 spiro atoms. The molecule has 0 heterocycles. The molecule has 0 aromatic rings. The third-order valence-electron chi connectivity index (χ3n) is 12.6. The van der Waals surface area contributed by atoms with E-state index in [2.05, 4.69) is 62.5 Å². The molecule has 0 saturated carbocycles. The maximum Gasteiger partial charge on any atom is 0.361 e. The van der Waals surface area contributed by atoms with Gasteiger partial charge in [0.05, 0.1) is 34.4 Å². The highest BCUT2D eigenvalue weighted by Gasteiger charge is 2.25. The van der Waals surface area contributed by atoms with Crippen LogP contribution in [0.3, 0.4) is 0 Å². The van der Waals surface area contributed by atoms with Crippen molar-refractivity contribution < 1.29 is 42.9 Å². The van der Waals surface area contributed by atoms with Crippen molar-refractivity contribution in [2.45, 2.75) is 270 Å². The molecule has 0 aromatic heterocycles. The predicted octanol–water partition coefficient (Wildman–Crippen LogP) is 16.7. The van der Waals surface area contributed by atoms with Gasteiger partial charge in [-0.25, -0.2) is 4.79 Å². The van der Waals surface area contributed by atoms with Gasteiger partial charge in [0.15, 0.2) is 6.10 Å². The van der Waals surface area contributed by atoms with Crippen LogP contribution >= 0.6 is 0 Å². The number of carbonyl (C=O) groups is 3. The first-order chi connectivity index (χ1) is 33.6. The maximum atomic E-state index is 12.9. The van der Waals surface area contributed by atoms with Gasteiger partial charge in [-0.2, -0.15) is 0 Å². The quantitative estimate of drug-likeness (QED) is 0.0211. The zero-order valence-corrected chi connectivity index (χ0v) is 45.7. The SMILES string of the molecule is CCCCC/C=C\C/C=C\C/C=C\CCCCCCCCC(=O)OC(COC(=O)CCCCCCCCCCCCCCC/C=C\CCCCCCCCCC)COC(OCC[N+](C)(C)C)C(=O)O. The summed E-state index contributed by atoms with van der Waals surface area (Å²) in [6, 6.07) is 0. The van der Waals surface area contributed by atoms with Crippen LogP contribution in [-0.4, -0.2) is 87.4 Å². The molecule has 0 amide bonds. The molecule has 9 nitrogen and oxygen atoms in total. The van der Waals surface area contributed by atoms with Crippen molar-refractivity contribution in [2.75, 3.05) is 47.5 Å². The van der Waals surface area contributed by atoms with E-state index >= 15 is 0 Å². The number of unbranched alkanes of at least 4 members (excludes halogenated alkanes) is 30. The molecule has 402 valence electrons. The molecule has 1 N–H and O–H groups in total. The van der Waals surface area contributed by atoms with Crippen LogP contribution in [0.2, 0.25) is 0 Å². The van der Waals surface area contributed by atoms with Gasteiger partial charge >= 0.3 is 17.9 Å². The zero-order valence-electron chi connectivity index (χ0n) is 45.7. The van der Waals surface area contributed by atoms with E-state index < -0.39 is 24.3 Å². The van der Waals surface area contributed by atoms with Crippen LogP contribution in [-0.2, 0) is 33.3 Å². The number of ether oxygens (including phenoxy) is 4. The topological polar surface area (TPSA) is 108 Å². The smallest absolute Gasteiger partial charge is 0.361 e. The van der Waals surface area contributed by atoms with Crippen molar-refractivity contribution in [1.82, 2.24) is 0 Å². The van der Waals surface area contributed by atoms with Crippen LogP contribution in [0.1, 0.15) is 258 Å². The highest BCUT2D eigenvalue weighted by atomic mass is 16.7. The molecule has 0 aromatic carbocycles. The molecule has 9 heteroatoms. The second-order valence-electron chi connectivity index (χ2n) is 20.6. The Morgan fingerprint density at radius 2 is 0.783 bits per heavy atom. The van der Waals surface area contributed by atoms with Crippen LogP contribution < -0.4 is 0 Å². The second-order valence-corrected chi connectivity index (χ2v) is 20.6. The Labute approximate surface area is 425 Å². The fourth-order valence-electron chi connectivity index (χ4n) is 8.07. The monoisotopic (exact) mass is 973 g/mol. The number of rotatable bonds is 53. The number of allylic oxidation sites excluding steroid dienone is 8. The largest absolute Gasteiger partial charge is 0.477 e. The fraction of sp³-hybridized carbons (Fsp3) is 0.817. The Kier molecular flexibility index (Phi) is 49.5. The van der Waals surface area contributed by atoms with Crippen LogP contribution in [0.15, 0.2) is 48.6 Å².